The van der Waals surface area contributed by atoms with E-state index in [2.05, 4.69) is 0 Å². The molecule has 0 aliphatic carbocycles. The SMILES string of the molecule is CC(C)Oc1ccc2c(c1)c(/C=C/C(=O)O)cn2C. The van der Waals surface area contributed by atoms with Crippen molar-refractivity contribution in [3.63, 3.8) is 0 Å². The summed E-state index contributed by atoms with van der Waals surface area (Å²) in [6, 6.07) is 5.84. The van der Waals surface area contributed by atoms with Gasteiger partial charge in [0.15, 0.2) is 0 Å². The summed E-state index contributed by atoms with van der Waals surface area (Å²) in [5.41, 5.74) is 1.91. The topological polar surface area (TPSA) is 51.5 Å². The highest BCUT2D eigenvalue weighted by Crippen LogP contribution is 2.26. The minimum atomic E-state index is -0.952. The van der Waals surface area contributed by atoms with E-state index in [0.717, 1.165) is 28.3 Å². The average molecular weight is 259 g/mol. The van der Waals surface area contributed by atoms with Crippen LogP contribution in [-0.4, -0.2) is 21.7 Å². The number of hydrogen-bond acceptors (Lipinski definition) is 2. The highest BCUT2D eigenvalue weighted by atomic mass is 16.5. The number of carboxylic acid groups (broad SMARTS) is 1. The zero-order chi connectivity index (χ0) is 14.0. The Hall–Kier alpha value is -2.23. The fourth-order valence-electron chi connectivity index (χ4n) is 2.04. The van der Waals surface area contributed by atoms with Crippen LogP contribution in [0.15, 0.2) is 30.5 Å². The molecule has 0 saturated carbocycles. The van der Waals surface area contributed by atoms with E-state index in [1.807, 2.05) is 49.9 Å². The molecule has 0 unspecified atom stereocenters. The van der Waals surface area contributed by atoms with Gasteiger partial charge in [-0.15, -0.1) is 0 Å². The number of carboxylic acids is 1. The smallest absolute Gasteiger partial charge is 0.328 e. The van der Waals surface area contributed by atoms with Gasteiger partial charge in [-0.25, -0.2) is 4.79 Å². The van der Waals surface area contributed by atoms with Crippen molar-refractivity contribution in [3.05, 3.63) is 36.0 Å². The third-order valence-corrected chi connectivity index (χ3v) is 2.77. The van der Waals surface area contributed by atoms with Gasteiger partial charge in [0, 0.05) is 35.8 Å². The number of aryl methyl sites for hydroxylation is 1. The molecule has 1 aromatic carbocycles. The predicted octanol–water partition coefficient (Wildman–Crippen LogP) is 3.06. The number of benzene rings is 1. The van der Waals surface area contributed by atoms with Crippen molar-refractivity contribution >= 4 is 22.9 Å². The van der Waals surface area contributed by atoms with Crippen LogP contribution in [0, 0.1) is 0 Å². The van der Waals surface area contributed by atoms with Crippen molar-refractivity contribution in [1.29, 1.82) is 0 Å². The Morgan fingerprint density at radius 3 is 2.79 bits per heavy atom. The summed E-state index contributed by atoms with van der Waals surface area (Å²) >= 11 is 0. The minimum absolute atomic E-state index is 0.110. The van der Waals surface area contributed by atoms with E-state index < -0.39 is 5.97 Å². The molecule has 1 N–H and O–H groups in total. The number of carbonyl (C=O) groups is 1. The van der Waals surface area contributed by atoms with E-state index in [-0.39, 0.29) is 6.10 Å². The molecule has 0 radical (unpaired) electrons. The molecule has 19 heavy (non-hydrogen) atoms. The molecule has 0 amide bonds. The molecule has 0 saturated heterocycles. The largest absolute Gasteiger partial charge is 0.491 e. The van der Waals surface area contributed by atoms with Crippen LogP contribution in [0.5, 0.6) is 5.75 Å². The summed E-state index contributed by atoms with van der Waals surface area (Å²) < 4.78 is 7.63. The fourth-order valence-corrected chi connectivity index (χ4v) is 2.04. The van der Waals surface area contributed by atoms with Crippen molar-refractivity contribution in [1.82, 2.24) is 4.57 Å². The molecular weight excluding hydrogens is 242 g/mol. The highest BCUT2D eigenvalue weighted by Gasteiger charge is 2.07. The van der Waals surface area contributed by atoms with Crippen LogP contribution in [0.25, 0.3) is 17.0 Å². The number of hydrogen-bond donors (Lipinski definition) is 1. The van der Waals surface area contributed by atoms with Crippen molar-refractivity contribution in [2.24, 2.45) is 7.05 Å². The normalized spacial score (nSPS) is 11.6. The van der Waals surface area contributed by atoms with Crippen LogP contribution in [-0.2, 0) is 11.8 Å². The highest BCUT2D eigenvalue weighted by molar-refractivity contribution is 5.94. The molecule has 0 aliphatic heterocycles. The number of ether oxygens (including phenoxy) is 1. The van der Waals surface area contributed by atoms with Crippen LogP contribution in [0.4, 0.5) is 0 Å². The maximum atomic E-state index is 10.6. The molecule has 2 aromatic rings. The Morgan fingerprint density at radius 1 is 1.42 bits per heavy atom. The third kappa shape index (κ3) is 2.96. The molecule has 4 nitrogen and oxygen atoms in total. The van der Waals surface area contributed by atoms with Crippen LogP contribution in [0.3, 0.4) is 0 Å². The predicted molar refractivity (Wildman–Crippen MR) is 75.4 cm³/mol. The lowest BCUT2D eigenvalue weighted by molar-refractivity contribution is -0.131. The van der Waals surface area contributed by atoms with Gasteiger partial charge in [-0.3, -0.25) is 0 Å². The van der Waals surface area contributed by atoms with Gasteiger partial charge in [-0.2, -0.15) is 0 Å². The molecule has 4 heteroatoms. The summed E-state index contributed by atoms with van der Waals surface area (Å²) in [6.45, 7) is 3.95. The molecule has 100 valence electrons. The van der Waals surface area contributed by atoms with Crippen molar-refractivity contribution in [2.45, 2.75) is 20.0 Å². The number of aliphatic carboxylic acids is 1. The van der Waals surface area contributed by atoms with Gasteiger partial charge in [0.05, 0.1) is 6.10 Å². The van der Waals surface area contributed by atoms with Gasteiger partial charge in [0.2, 0.25) is 0 Å². The summed E-state index contributed by atoms with van der Waals surface area (Å²) in [7, 11) is 1.93. The third-order valence-electron chi connectivity index (χ3n) is 2.77. The van der Waals surface area contributed by atoms with E-state index in [1.165, 1.54) is 0 Å². The molecule has 1 aromatic heterocycles. The monoisotopic (exact) mass is 259 g/mol. The second-order valence-electron chi connectivity index (χ2n) is 4.71. The molecule has 0 aliphatic rings. The molecule has 0 spiro atoms. The van der Waals surface area contributed by atoms with Crippen LogP contribution >= 0.6 is 0 Å². The van der Waals surface area contributed by atoms with E-state index >= 15 is 0 Å². The molecule has 1 heterocycles. The molecule has 0 bridgehead atoms. The van der Waals surface area contributed by atoms with Gasteiger partial charge in [0.1, 0.15) is 5.75 Å². The van der Waals surface area contributed by atoms with E-state index in [1.54, 1.807) is 6.08 Å². The van der Waals surface area contributed by atoms with E-state index in [4.69, 9.17) is 9.84 Å². The van der Waals surface area contributed by atoms with Gasteiger partial charge in [-0.05, 0) is 38.1 Å². The van der Waals surface area contributed by atoms with Gasteiger partial charge >= 0.3 is 5.97 Å². The summed E-state index contributed by atoms with van der Waals surface area (Å²) in [5, 5.41) is 9.69. The van der Waals surface area contributed by atoms with Crippen molar-refractivity contribution in [3.8, 4) is 5.75 Å². The number of fused-ring (bicyclic) bond motifs is 1. The fraction of sp³-hybridized carbons (Fsp3) is 0.267. The Balaban J connectivity index is 2.49. The van der Waals surface area contributed by atoms with Gasteiger partial charge < -0.3 is 14.4 Å². The summed E-state index contributed by atoms with van der Waals surface area (Å²) in [6.07, 6.45) is 4.76. The Bertz CT molecular complexity index is 638. The number of rotatable bonds is 4. The van der Waals surface area contributed by atoms with Crippen LogP contribution in [0.2, 0.25) is 0 Å². The Kier molecular flexibility index (Phi) is 3.60. The second-order valence-corrected chi connectivity index (χ2v) is 4.71. The van der Waals surface area contributed by atoms with Crippen molar-refractivity contribution < 1.29 is 14.6 Å². The van der Waals surface area contributed by atoms with E-state index in [0.29, 0.717) is 0 Å². The first-order chi connectivity index (χ1) is 8.97. The second kappa shape index (κ2) is 5.18. The lowest BCUT2D eigenvalue weighted by atomic mass is 10.1. The Labute approximate surface area is 111 Å². The quantitative estimate of drug-likeness (QED) is 0.858. The average Bonchev–Trinajstić information content (AvgIpc) is 2.62. The minimum Gasteiger partial charge on any atom is -0.491 e. The zero-order valence-corrected chi connectivity index (χ0v) is 11.3. The number of aromatic nitrogens is 1. The lowest BCUT2D eigenvalue weighted by Crippen LogP contribution is -2.05. The van der Waals surface area contributed by atoms with Crippen LogP contribution in [0.1, 0.15) is 19.4 Å². The maximum Gasteiger partial charge on any atom is 0.328 e. The first-order valence-corrected chi connectivity index (χ1v) is 6.14. The molecule has 0 fully saturated rings. The van der Waals surface area contributed by atoms with Crippen LogP contribution < -0.4 is 4.74 Å². The first kappa shape index (κ1) is 13.2. The summed E-state index contributed by atoms with van der Waals surface area (Å²) in [4.78, 5) is 10.6. The molecule has 0 atom stereocenters. The first-order valence-electron chi connectivity index (χ1n) is 6.14. The molecular formula is C15H17NO3. The zero-order valence-electron chi connectivity index (χ0n) is 11.3. The Morgan fingerprint density at radius 2 is 2.16 bits per heavy atom. The van der Waals surface area contributed by atoms with Crippen molar-refractivity contribution in [2.75, 3.05) is 0 Å². The van der Waals surface area contributed by atoms with Gasteiger partial charge in [0.25, 0.3) is 0 Å². The molecule has 2 rings (SSSR count). The summed E-state index contributed by atoms with van der Waals surface area (Å²) in [5.74, 6) is -0.162. The number of nitrogens with zero attached hydrogens (tertiary/aromatic N) is 1. The van der Waals surface area contributed by atoms with Gasteiger partial charge in [-0.1, -0.05) is 0 Å². The van der Waals surface area contributed by atoms with E-state index in [9.17, 15) is 4.79 Å². The maximum absolute atomic E-state index is 10.6. The standard InChI is InChI=1S/C15H17NO3/c1-10(2)19-12-5-6-14-13(8-12)11(9-16(14)3)4-7-15(17)18/h4-10H,1-3H3,(H,17,18)/b7-4+. The lowest BCUT2D eigenvalue weighted by Gasteiger charge is -2.09.